The molecule has 0 spiro atoms. The number of carboxylic acids is 2. The van der Waals surface area contributed by atoms with Crippen molar-refractivity contribution < 1.29 is 50.5 Å². The third kappa shape index (κ3) is 5.75. The number of aliphatic carboxylic acids is 1. The summed E-state index contributed by atoms with van der Waals surface area (Å²) in [7, 11) is -9.58. The van der Waals surface area contributed by atoms with E-state index in [0.29, 0.717) is 9.69 Å². The lowest BCUT2D eigenvalue weighted by molar-refractivity contribution is -0.294. The number of aromatic amines is 1. The highest BCUT2D eigenvalue weighted by Gasteiger charge is 2.31. The molecule has 0 saturated heterocycles. The average molecular weight is 600 g/mol. The summed E-state index contributed by atoms with van der Waals surface area (Å²) in [5.41, 5.74) is -3.76. The number of amides is 1. The number of hydrogen-bond donors (Lipinski definition) is 1. The molecule has 1 aromatic heterocycles. The Bertz CT molecular complexity index is 1970. The van der Waals surface area contributed by atoms with Gasteiger partial charge in [-0.3, -0.25) is 14.7 Å². The summed E-state index contributed by atoms with van der Waals surface area (Å²) in [5, 5.41) is 29.7. The van der Waals surface area contributed by atoms with Crippen LogP contribution in [0.1, 0.15) is 16.1 Å². The number of carbonyl (C=O) groups excluding carboxylic acids is 3. The van der Waals surface area contributed by atoms with Crippen molar-refractivity contribution in [3.63, 3.8) is 0 Å². The highest BCUT2D eigenvalue weighted by molar-refractivity contribution is 7.86. The molecule has 0 fully saturated rings. The number of carboxylic acid groups (broad SMARTS) is 2. The minimum atomic E-state index is -4.79. The van der Waals surface area contributed by atoms with Gasteiger partial charge < -0.3 is 28.9 Å². The van der Waals surface area contributed by atoms with Crippen LogP contribution >= 0.6 is 0 Å². The van der Waals surface area contributed by atoms with E-state index in [-0.39, 0.29) is 11.4 Å². The average Bonchev–Trinajstić information content (AvgIpc) is 3.40. The number of nitrogens with one attached hydrogen (secondary N) is 1. The van der Waals surface area contributed by atoms with Crippen molar-refractivity contribution in [2.75, 3.05) is 5.01 Å². The number of nitrogens with zero attached hydrogens (tertiary/aromatic N) is 3. The minimum Gasteiger partial charge on any atom is -0.744 e. The number of aromatic carboxylic acids is 1. The summed E-state index contributed by atoms with van der Waals surface area (Å²) in [6, 6.07) is 7.74. The van der Waals surface area contributed by atoms with Crippen LogP contribution in [0.2, 0.25) is 0 Å². The van der Waals surface area contributed by atoms with Crippen LogP contribution in [-0.2, 0) is 29.8 Å². The van der Waals surface area contributed by atoms with Crippen molar-refractivity contribution in [2.24, 2.45) is 5.10 Å². The van der Waals surface area contributed by atoms with E-state index in [4.69, 9.17) is 0 Å². The first-order valence-corrected chi connectivity index (χ1v) is 13.6. The first-order chi connectivity index (χ1) is 19.1. The molecule has 1 aliphatic rings. The van der Waals surface area contributed by atoms with Gasteiger partial charge in [0.2, 0.25) is 0 Å². The van der Waals surface area contributed by atoms with Gasteiger partial charge in [0.15, 0.2) is 0 Å². The van der Waals surface area contributed by atoms with Gasteiger partial charge >= 0.3 is 0 Å². The van der Waals surface area contributed by atoms with Crippen LogP contribution in [0, 0.1) is 0 Å². The number of hydrogen-bond acceptors (Lipinski definition) is 13. The Labute approximate surface area is 229 Å². The second-order valence-corrected chi connectivity index (χ2v) is 10.8. The van der Waals surface area contributed by atoms with E-state index in [1.165, 1.54) is 0 Å². The van der Waals surface area contributed by atoms with Crippen LogP contribution in [0.4, 0.5) is 5.69 Å². The Balaban J connectivity index is 1.69. The third-order valence-corrected chi connectivity index (χ3v) is 7.18. The van der Waals surface area contributed by atoms with Crippen LogP contribution in [0.25, 0.3) is 11.8 Å². The summed E-state index contributed by atoms with van der Waals surface area (Å²) in [6.45, 7) is 0. The normalized spacial score (nSPS) is 15.1. The zero-order valence-electron chi connectivity index (χ0n) is 19.9. The lowest BCUT2D eigenvalue weighted by Crippen LogP contribution is -2.32. The predicted molar refractivity (Wildman–Crippen MR) is 130 cm³/mol. The topological polar surface area (TPSA) is 265 Å². The second kappa shape index (κ2) is 10.4. The standard InChI is InChI=1S/C23H16N4O12S2/c28-20-16(18(22(30)31)24-26(20)12-4-8-14(9-5-12)40(34,35)36)2-1-3-17-19(23(32)33)25-27(21(17)29)13-6-10-15(11-7-13)41(37,38)39/h1-11,24H,(H,30,31)(H,32,33)(H,34,35,36)(H,37,38,39)/p-4/b2-1+,17-3+. The van der Waals surface area contributed by atoms with Crippen LogP contribution < -0.4 is 20.8 Å². The molecule has 18 heteroatoms. The minimum absolute atomic E-state index is 0.0494. The van der Waals surface area contributed by atoms with E-state index in [1.54, 1.807) is 0 Å². The van der Waals surface area contributed by atoms with Gasteiger partial charge in [-0.05, 0) is 60.7 Å². The Morgan fingerprint density at radius 2 is 1.32 bits per heavy atom. The predicted octanol–water partition coefficient (Wildman–Crippen LogP) is -2.57. The maximum Gasteiger partial charge on any atom is 0.281 e. The number of H-pyrrole nitrogens is 1. The lowest BCUT2D eigenvalue weighted by Gasteiger charge is -2.13. The third-order valence-electron chi connectivity index (χ3n) is 5.48. The summed E-state index contributed by atoms with van der Waals surface area (Å²) in [4.78, 5) is 47.8. The molecule has 41 heavy (non-hydrogen) atoms. The number of aromatic nitrogens is 2. The van der Waals surface area contributed by atoms with E-state index < -0.39 is 76.0 Å². The molecule has 0 unspecified atom stereocenters. The SMILES string of the molecule is O=C([O-])C1=NN(c2ccc(S(=O)(=O)[O-])cc2)C(=O)/C1=C/C=C/c1c(C(=O)[O-])[nH]n(-c2ccc(S(=O)(=O)[O-])cc2)c1=O. The number of carbonyl (C=O) groups is 3. The van der Waals surface area contributed by atoms with Crippen molar-refractivity contribution in [3.05, 3.63) is 87.9 Å². The van der Waals surface area contributed by atoms with Crippen molar-refractivity contribution in [2.45, 2.75) is 9.79 Å². The van der Waals surface area contributed by atoms with Crippen molar-refractivity contribution >= 4 is 55.6 Å². The van der Waals surface area contributed by atoms with Gasteiger partial charge in [-0.1, -0.05) is 6.08 Å². The molecule has 4 rings (SSSR count). The molecule has 2 heterocycles. The smallest absolute Gasteiger partial charge is 0.281 e. The number of anilines is 1. The fourth-order valence-corrected chi connectivity index (χ4v) is 4.53. The van der Waals surface area contributed by atoms with Crippen LogP contribution in [0.3, 0.4) is 0 Å². The highest BCUT2D eigenvalue weighted by Crippen LogP contribution is 2.25. The summed E-state index contributed by atoms with van der Waals surface area (Å²) < 4.78 is 67.4. The molecular formula is C23H12N4O12S2-4. The van der Waals surface area contributed by atoms with Gasteiger partial charge in [0, 0.05) is 0 Å². The van der Waals surface area contributed by atoms with Crippen molar-refractivity contribution in [3.8, 4) is 5.69 Å². The van der Waals surface area contributed by atoms with Crippen molar-refractivity contribution in [1.82, 2.24) is 9.78 Å². The number of allylic oxidation sites excluding steroid dienone is 2. The Hall–Kier alpha value is -5.17. The molecule has 0 atom stereocenters. The van der Waals surface area contributed by atoms with Gasteiger partial charge in [0.25, 0.3) is 11.5 Å². The van der Waals surface area contributed by atoms with Crippen LogP contribution in [0.5, 0.6) is 0 Å². The van der Waals surface area contributed by atoms with E-state index in [1.807, 2.05) is 0 Å². The van der Waals surface area contributed by atoms with Gasteiger partial charge in [-0.15, -0.1) is 0 Å². The maximum atomic E-state index is 12.9. The number of hydrazone groups is 1. The number of benzene rings is 2. The van der Waals surface area contributed by atoms with Gasteiger partial charge in [-0.25, -0.2) is 21.5 Å². The molecule has 0 radical (unpaired) electrons. The van der Waals surface area contributed by atoms with E-state index in [0.717, 1.165) is 66.8 Å². The zero-order valence-corrected chi connectivity index (χ0v) is 21.5. The largest absolute Gasteiger partial charge is 0.744 e. The molecule has 1 aliphatic heterocycles. The van der Waals surface area contributed by atoms with E-state index >= 15 is 0 Å². The lowest BCUT2D eigenvalue weighted by atomic mass is 10.1. The fraction of sp³-hybridized carbons (Fsp3) is 0. The Morgan fingerprint density at radius 1 is 0.805 bits per heavy atom. The molecule has 2 aromatic carbocycles. The Kier molecular flexibility index (Phi) is 7.33. The molecule has 3 aromatic rings. The molecule has 0 aliphatic carbocycles. The molecule has 16 nitrogen and oxygen atoms in total. The van der Waals surface area contributed by atoms with Crippen LogP contribution in [0.15, 0.2) is 85.9 Å². The first kappa shape index (κ1) is 28.8. The zero-order chi connectivity index (χ0) is 30.3. The molecule has 0 bridgehead atoms. The van der Waals surface area contributed by atoms with Crippen LogP contribution in [-0.4, -0.2) is 59.3 Å². The van der Waals surface area contributed by atoms with E-state index in [2.05, 4.69) is 10.2 Å². The Morgan fingerprint density at radius 3 is 1.78 bits per heavy atom. The first-order valence-electron chi connectivity index (χ1n) is 10.8. The van der Waals surface area contributed by atoms with Crippen molar-refractivity contribution in [1.29, 1.82) is 0 Å². The van der Waals surface area contributed by atoms with Gasteiger partial charge in [-0.2, -0.15) is 10.1 Å². The highest BCUT2D eigenvalue weighted by atomic mass is 32.2. The summed E-state index contributed by atoms with van der Waals surface area (Å²) in [6.07, 6.45) is 2.79. The molecule has 212 valence electrons. The molecular weight excluding hydrogens is 588 g/mol. The van der Waals surface area contributed by atoms with Gasteiger partial charge in [0.1, 0.15) is 25.9 Å². The molecule has 1 N–H and O–H groups in total. The molecule has 1 amide bonds. The molecule has 0 saturated carbocycles. The van der Waals surface area contributed by atoms with Gasteiger partial charge in [0.05, 0.1) is 49.9 Å². The maximum absolute atomic E-state index is 12.9. The second-order valence-electron chi connectivity index (χ2n) is 8.02. The van der Waals surface area contributed by atoms with E-state index in [9.17, 15) is 55.3 Å². The fourth-order valence-electron chi connectivity index (χ4n) is 3.59. The number of rotatable bonds is 8. The quantitative estimate of drug-likeness (QED) is 0.206. The monoisotopic (exact) mass is 600 g/mol. The summed E-state index contributed by atoms with van der Waals surface area (Å²) >= 11 is 0. The summed E-state index contributed by atoms with van der Waals surface area (Å²) in [5.74, 6) is -4.72.